The third-order valence-electron chi connectivity index (χ3n) is 6.06. The fourth-order valence-corrected chi connectivity index (χ4v) is 4.26. The summed E-state index contributed by atoms with van der Waals surface area (Å²) in [5.74, 6) is 0.682. The van der Waals surface area contributed by atoms with Gasteiger partial charge in [-0.25, -0.2) is 4.39 Å². The van der Waals surface area contributed by atoms with E-state index in [0.717, 1.165) is 61.5 Å². The highest BCUT2D eigenvalue weighted by atomic mass is 19.1. The summed E-state index contributed by atoms with van der Waals surface area (Å²) in [6.07, 6.45) is 4.18. The Bertz CT molecular complexity index is 940. The Balaban J connectivity index is 1.11. The van der Waals surface area contributed by atoms with E-state index in [9.17, 15) is 14.0 Å². The minimum Gasteiger partial charge on any atom is -0.494 e. The molecular formula is C25H30FN3O3. The van der Waals surface area contributed by atoms with Gasteiger partial charge in [-0.3, -0.25) is 14.5 Å². The molecule has 0 saturated carbocycles. The highest BCUT2D eigenvalue weighted by Crippen LogP contribution is 2.26. The van der Waals surface area contributed by atoms with Crippen LogP contribution in [0.5, 0.6) is 5.75 Å². The van der Waals surface area contributed by atoms with E-state index in [2.05, 4.69) is 15.5 Å². The van der Waals surface area contributed by atoms with Gasteiger partial charge in [-0.15, -0.1) is 0 Å². The second-order valence-electron chi connectivity index (χ2n) is 8.56. The van der Waals surface area contributed by atoms with Gasteiger partial charge in [0.25, 0.3) is 0 Å². The molecule has 0 aromatic heterocycles. The lowest BCUT2D eigenvalue weighted by Gasteiger charge is -2.32. The number of likely N-dealkylation sites (tertiary alicyclic amines) is 1. The van der Waals surface area contributed by atoms with Crippen LogP contribution in [0.1, 0.15) is 43.2 Å². The van der Waals surface area contributed by atoms with Gasteiger partial charge in [0.05, 0.1) is 6.61 Å². The highest BCUT2D eigenvalue weighted by Gasteiger charge is 2.20. The van der Waals surface area contributed by atoms with Crippen LogP contribution in [0.15, 0.2) is 42.5 Å². The van der Waals surface area contributed by atoms with Crippen LogP contribution in [-0.2, 0) is 22.6 Å². The van der Waals surface area contributed by atoms with Gasteiger partial charge in [0.2, 0.25) is 11.8 Å². The number of hydrogen-bond acceptors (Lipinski definition) is 4. The fraction of sp³-hybridized carbons (Fsp3) is 0.440. The molecule has 0 unspecified atom stereocenters. The summed E-state index contributed by atoms with van der Waals surface area (Å²) in [5, 5.41) is 6.00. The van der Waals surface area contributed by atoms with Gasteiger partial charge in [-0.05, 0) is 67.1 Å². The number of fused-ring (bicyclic) bond motifs is 1. The summed E-state index contributed by atoms with van der Waals surface area (Å²) in [4.78, 5) is 26.1. The Hall–Kier alpha value is -2.93. The first-order chi connectivity index (χ1) is 15.5. The van der Waals surface area contributed by atoms with Crippen LogP contribution in [-0.4, -0.2) is 42.5 Å². The molecule has 32 heavy (non-hydrogen) atoms. The number of nitrogens with zero attached hydrogens (tertiary/aromatic N) is 1. The lowest BCUT2D eigenvalue weighted by atomic mass is 10.0. The van der Waals surface area contributed by atoms with Crippen molar-refractivity contribution in [2.24, 2.45) is 0 Å². The molecule has 2 N–H and O–H groups in total. The van der Waals surface area contributed by atoms with Crippen LogP contribution < -0.4 is 15.4 Å². The SMILES string of the molecule is O=C1CCc2cc(OCCCC(=O)NC3CCN(Cc4ccc(F)cc4)CC3)ccc2N1. The lowest BCUT2D eigenvalue weighted by Crippen LogP contribution is -2.44. The quantitative estimate of drug-likeness (QED) is 0.616. The summed E-state index contributed by atoms with van der Waals surface area (Å²) in [6, 6.07) is 12.5. The number of aryl methyl sites for hydroxylation is 1. The maximum absolute atomic E-state index is 13.0. The second-order valence-corrected chi connectivity index (χ2v) is 8.56. The first kappa shape index (κ1) is 22.3. The van der Waals surface area contributed by atoms with Crippen molar-refractivity contribution in [1.82, 2.24) is 10.2 Å². The molecule has 0 atom stereocenters. The minimum atomic E-state index is -0.210. The number of benzene rings is 2. The van der Waals surface area contributed by atoms with Crippen molar-refractivity contribution in [2.45, 2.75) is 51.1 Å². The minimum absolute atomic E-state index is 0.0516. The number of rotatable bonds is 8. The topological polar surface area (TPSA) is 70.7 Å². The maximum Gasteiger partial charge on any atom is 0.224 e. The molecule has 2 aromatic carbocycles. The molecule has 0 bridgehead atoms. The zero-order chi connectivity index (χ0) is 22.3. The predicted molar refractivity (Wildman–Crippen MR) is 121 cm³/mol. The second kappa shape index (κ2) is 10.6. The number of carbonyl (C=O) groups is 2. The zero-order valence-electron chi connectivity index (χ0n) is 18.2. The fourth-order valence-electron chi connectivity index (χ4n) is 4.26. The van der Waals surface area contributed by atoms with E-state index in [1.807, 2.05) is 30.3 Å². The Morgan fingerprint density at radius 2 is 1.91 bits per heavy atom. The molecule has 4 rings (SSSR count). The van der Waals surface area contributed by atoms with E-state index in [1.165, 1.54) is 12.1 Å². The highest BCUT2D eigenvalue weighted by molar-refractivity contribution is 5.94. The molecule has 6 nitrogen and oxygen atoms in total. The number of ether oxygens (including phenoxy) is 1. The van der Waals surface area contributed by atoms with E-state index in [-0.39, 0.29) is 23.7 Å². The van der Waals surface area contributed by atoms with Gasteiger partial charge in [0.15, 0.2) is 0 Å². The molecule has 1 saturated heterocycles. The van der Waals surface area contributed by atoms with Crippen molar-refractivity contribution in [2.75, 3.05) is 25.0 Å². The summed E-state index contributed by atoms with van der Waals surface area (Å²) in [7, 11) is 0. The molecule has 2 aromatic rings. The third-order valence-corrected chi connectivity index (χ3v) is 6.06. The molecule has 1 fully saturated rings. The van der Waals surface area contributed by atoms with Gasteiger partial charge in [-0.1, -0.05) is 12.1 Å². The Morgan fingerprint density at radius 3 is 2.69 bits per heavy atom. The van der Waals surface area contributed by atoms with Crippen LogP contribution >= 0.6 is 0 Å². The number of piperidine rings is 1. The average Bonchev–Trinajstić information content (AvgIpc) is 2.79. The van der Waals surface area contributed by atoms with Gasteiger partial charge in [-0.2, -0.15) is 0 Å². The molecule has 0 radical (unpaired) electrons. The number of nitrogens with one attached hydrogen (secondary N) is 2. The van der Waals surface area contributed by atoms with E-state index >= 15 is 0 Å². The molecule has 7 heteroatoms. The first-order valence-electron chi connectivity index (χ1n) is 11.4. The average molecular weight is 440 g/mol. The van der Waals surface area contributed by atoms with Crippen LogP contribution in [0.3, 0.4) is 0 Å². The van der Waals surface area contributed by atoms with E-state index in [0.29, 0.717) is 25.9 Å². The lowest BCUT2D eigenvalue weighted by molar-refractivity contribution is -0.122. The zero-order valence-corrected chi connectivity index (χ0v) is 18.2. The number of halogens is 1. The molecule has 2 amide bonds. The molecule has 2 aliphatic rings. The molecule has 0 aliphatic carbocycles. The normalized spacial score (nSPS) is 16.8. The van der Waals surface area contributed by atoms with E-state index in [1.54, 1.807) is 0 Å². The first-order valence-corrected chi connectivity index (χ1v) is 11.4. The molecule has 2 aliphatic heterocycles. The van der Waals surface area contributed by atoms with Crippen LogP contribution in [0.4, 0.5) is 10.1 Å². The van der Waals surface area contributed by atoms with Crippen molar-refractivity contribution in [3.8, 4) is 5.75 Å². The van der Waals surface area contributed by atoms with Crippen LogP contribution in [0, 0.1) is 5.82 Å². The summed E-state index contributed by atoms with van der Waals surface area (Å²) in [5.41, 5.74) is 3.06. The molecular weight excluding hydrogens is 409 g/mol. The predicted octanol–water partition coefficient (Wildman–Crippen LogP) is 3.65. The number of anilines is 1. The molecule has 2 heterocycles. The maximum atomic E-state index is 13.0. The van der Waals surface area contributed by atoms with Crippen molar-refractivity contribution in [1.29, 1.82) is 0 Å². The van der Waals surface area contributed by atoms with Crippen molar-refractivity contribution >= 4 is 17.5 Å². The summed E-state index contributed by atoms with van der Waals surface area (Å²) < 4.78 is 18.8. The van der Waals surface area contributed by atoms with Gasteiger partial charge < -0.3 is 15.4 Å². The monoisotopic (exact) mass is 439 g/mol. The van der Waals surface area contributed by atoms with Crippen molar-refractivity contribution in [3.63, 3.8) is 0 Å². The van der Waals surface area contributed by atoms with Crippen molar-refractivity contribution in [3.05, 3.63) is 59.4 Å². The third kappa shape index (κ3) is 6.29. The van der Waals surface area contributed by atoms with Crippen LogP contribution in [0.25, 0.3) is 0 Å². The Labute approximate surface area is 188 Å². The smallest absolute Gasteiger partial charge is 0.224 e. The van der Waals surface area contributed by atoms with E-state index in [4.69, 9.17) is 4.74 Å². The molecule has 0 spiro atoms. The van der Waals surface area contributed by atoms with Crippen LogP contribution in [0.2, 0.25) is 0 Å². The standard InChI is InChI=1S/C25H30FN3O3/c26-20-6-3-18(4-7-20)17-29-13-11-21(12-14-29)27-24(30)2-1-15-32-22-8-9-23-19(16-22)5-10-25(31)28-23/h3-4,6-9,16,21H,1-2,5,10-15,17H2,(H,27,30)(H,28,31). The Kier molecular flexibility index (Phi) is 7.37. The van der Waals surface area contributed by atoms with Gasteiger partial charge >= 0.3 is 0 Å². The van der Waals surface area contributed by atoms with Gasteiger partial charge in [0.1, 0.15) is 11.6 Å². The number of carbonyl (C=O) groups excluding carboxylic acids is 2. The molecule has 170 valence electrons. The summed E-state index contributed by atoms with van der Waals surface area (Å²) >= 11 is 0. The summed E-state index contributed by atoms with van der Waals surface area (Å²) in [6.45, 7) is 3.14. The van der Waals surface area contributed by atoms with Gasteiger partial charge in [0, 0.05) is 44.2 Å². The number of hydrogen-bond donors (Lipinski definition) is 2. The van der Waals surface area contributed by atoms with Crippen molar-refractivity contribution < 1.29 is 18.7 Å². The Morgan fingerprint density at radius 1 is 1.12 bits per heavy atom. The van der Waals surface area contributed by atoms with E-state index < -0.39 is 0 Å². The number of amides is 2. The largest absolute Gasteiger partial charge is 0.494 e.